The zero-order valence-electron chi connectivity index (χ0n) is 16.8. The van der Waals surface area contributed by atoms with E-state index in [0.29, 0.717) is 5.02 Å². The number of carbonyl (C=O) groups excluding carboxylic acids is 2. The highest BCUT2D eigenvalue weighted by molar-refractivity contribution is 7.92. The van der Waals surface area contributed by atoms with Crippen molar-refractivity contribution in [1.82, 2.24) is 10.2 Å². The van der Waals surface area contributed by atoms with E-state index in [1.165, 1.54) is 56.4 Å². The van der Waals surface area contributed by atoms with E-state index in [0.717, 1.165) is 15.5 Å². The Kier molecular flexibility index (Phi) is 7.80. The topological polar surface area (TPSA) is 86.8 Å². The summed E-state index contributed by atoms with van der Waals surface area (Å²) in [5, 5.41) is 2.86. The lowest BCUT2D eigenvalue weighted by atomic mass is 10.1. The molecule has 0 radical (unpaired) electrons. The molecule has 0 aliphatic heterocycles. The van der Waals surface area contributed by atoms with Gasteiger partial charge in [0, 0.05) is 24.2 Å². The van der Waals surface area contributed by atoms with Crippen molar-refractivity contribution in [2.24, 2.45) is 0 Å². The lowest BCUT2D eigenvalue weighted by Gasteiger charge is -2.31. The molecule has 2 aromatic carbocycles. The van der Waals surface area contributed by atoms with Gasteiger partial charge in [0.2, 0.25) is 21.8 Å². The van der Waals surface area contributed by atoms with Crippen molar-refractivity contribution in [2.75, 3.05) is 24.2 Å². The number of anilines is 1. The molecule has 2 amide bonds. The second-order valence-electron chi connectivity index (χ2n) is 6.65. The van der Waals surface area contributed by atoms with Crippen molar-refractivity contribution in [3.63, 3.8) is 0 Å². The number of halogens is 2. The van der Waals surface area contributed by atoms with Crippen LogP contribution in [0.15, 0.2) is 48.5 Å². The first-order valence-corrected chi connectivity index (χ1v) is 11.2. The highest BCUT2D eigenvalue weighted by Crippen LogP contribution is 2.21. The van der Waals surface area contributed by atoms with E-state index in [4.69, 9.17) is 11.6 Å². The number of nitrogens with zero attached hydrogens (tertiary/aromatic N) is 2. The summed E-state index contributed by atoms with van der Waals surface area (Å²) in [6.07, 6.45) is 0.971. The van der Waals surface area contributed by atoms with Crippen molar-refractivity contribution in [3.05, 3.63) is 64.9 Å². The van der Waals surface area contributed by atoms with Gasteiger partial charge in [-0.25, -0.2) is 12.8 Å². The molecule has 1 unspecified atom stereocenters. The summed E-state index contributed by atoms with van der Waals surface area (Å²) in [7, 11) is -2.41. The summed E-state index contributed by atoms with van der Waals surface area (Å²) in [5.41, 5.74) is 0.452. The van der Waals surface area contributed by atoms with Crippen LogP contribution in [-0.2, 0) is 26.2 Å². The Labute approximate surface area is 180 Å². The van der Waals surface area contributed by atoms with Gasteiger partial charge in [0.05, 0.1) is 11.9 Å². The van der Waals surface area contributed by atoms with Crippen molar-refractivity contribution >= 4 is 39.1 Å². The third kappa shape index (κ3) is 5.93. The van der Waals surface area contributed by atoms with Gasteiger partial charge in [-0.2, -0.15) is 0 Å². The zero-order chi connectivity index (χ0) is 22.5. The standard InChI is InChI=1S/C20H23ClFN3O4S/c1-14(20(27)23-2)24(12-15-6-4-5-7-18(15)22)19(26)13-25(30(3,28)29)17-10-8-16(21)9-11-17/h4-11,14H,12-13H2,1-3H3,(H,23,27). The van der Waals surface area contributed by atoms with Crippen molar-refractivity contribution < 1.29 is 22.4 Å². The van der Waals surface area contributed by atoms with Gasteiger partial charge in [-0.15, -0.1) is 0 Å². The van der Waals surface area contributed by atoms with E-state index in [1.54, 1.807) is 6.07 Å². The molecule has 0 heterocycles. The molecule has 2 rings (SSSR count). The maximum Gasteiger partial charge on any atom is 0.244 e. The Bertz CT molecular complexity index is 1010. The van der Waals surface area contributed by atoms with Gasteiger partial charge in [-0.3, -0.25) is 13.9 Å². The lowest BCUT2D eigenvalue weighted by Crippen LogP contribution is -2.50. The fourth-order valence-electron chi connectivity index (χ4n) is 2.82. The molecule has 0 bridgehead atoms. The molecule has 0 saturated carbocycles. The maximum absolute atomic E-state index is 14.2. The van der Waals surface area contributed by atoms with Crippen molar-refractivity contribution in [2.45, 2.75) is 19.5 Å². The minimum Gasteiger partial charge on any atom is -0.357 e. The minimum atomic E-state index is -3.82. The van der Waals surface area contributed by atoms with E-state index >= 15 is 0 Å². The molecular formula is C20H23ClFN3O4S. The third-order valence-corrected chi connectivity index (χ3v) is 5.90. The molecule has 0 aliphatic carbocycles. The Morgan fingerprint density at radius 3 is 2.27 bits per heavy atom. The highest BCUT2D eigenvalue weighted by Gasteiger charge is 2.30. The number of rotatable bonds is 8. The van der Waals surface area contributed by atoms with Crippen LogP contribution < -0.4 is 9.62 Å². The smallest absolute Gasteiger partial charge is 0.244 e. The van der Waals surface area contributed by atoms with Gasteiger partial charge in [0.25, 0.3) is 0 Å². The largest absolute Gasteiger partial charge is 0.357 e. The van der Waals surface area contributed by atoms with E-state index in [1.807, 2.05) is 0 Å². The molecule has 1 atom stereocenters. The number of likely N-dealkylation sites (N-methyl/N-ethyl adjacent to an activating group) is 1. The Morgan fingerprint density at radius 2 is 1.73 bits per heavy atom. The quantitative estimate of drug-likeness (QED) is 0.662. The van der Waals surface area contributed by atoms with Crippen LogP contribution in [0.5, 0.6) is 0 Å². The third-order valence-electron chi connectivity index (χ3n) is 4.51. The Balaban J connectivity index is 2.38. The summed E-state index contributed by atoms with van der Waals surface area (Å²) in [5.74, 6) is -1.65. The predicted octanol–water partition coefficient (Wildman–Crippen LogP) is 2.41. The van der Waals surface area contributed by atoms with E-state index in [-0.39, 0.29) is 17.8 Å². The van der Waals surface area contributed by atoms with E-state index < -0.39 is 40.2 Å². The van der Waals surface area contributed by atoms with Crippen LogP contribution in [0.4, 0.5) is 10.1 Å². The molecule has 0 aliphatic rings. The molecule has 0 fully saturated rings. The normalized spacial score (nSPS) is 12.2. The van der Waals surface area contributed by atoms with Crippen molar-refractivity contribution in [3.8, 4) is 0 Å². The molecule has 0 spiro atoms. The molecule has 162 valence electrons. The van der Waals surface area contributed by atoms with Crippen LogP contribution in [0.2, 0.25) is 5.02 Å². The number of hydrogen-bond donors (Lipinski definition) is 1. The molecule has 30 heavy (non-hydrogen) atoms. The summed E-state index contributed by atoms with van der Waals surface area (Å²) >= 11 is 5.86. The molecule has 7 nitrogen and oxygen atoms in total. The second kappa shape index (κ2) is 9.90. The molecular weight excluding hydrogens is 433 g/mol. The Hall–Kier alpha value is -2.65. The average Bonchev–Trinajstić information content (AvgIpc) is 2.70. The molecule has 0 aromatic heterocycles. The van der Waals surface area contributed by atoms with E-state index in [2.05, 4.69) is 5.32 Å². The van der Waals surface area contributed by atoms with Crippen LogP contribution in [0.3, 0.4) is 0 Å². The zero-order valence-corrected chi connectivity index (χ0v) is 18.4. The number of amides is 2. The molecule has 0 saturated heterocycles. The van der Waals surface area contributed by atoms with Crippen LogP contribution in [0, 0.1) is 5.82 Å². The van der Waals surface area contributed by atoms with Crippen molar-refractivity contribution in [1.29, 1.82) is 0 Å². The lowest BCUT2D eigenvalue weighted by molar-refractivity contribution is -0.139. The predicted molar refractivity (Wildman–Crippen MR) is 114 cm³/mol. The SMILES string of the molecule is CNC(=O)C(C)N(Cc1ccccc1F)C(=O)CN(c1ccc(Cl)cc1)S(C)(=O)=O. The van der Waals surface area contributed by atoms with Gasteiger partial charge in [0.1, 0.15) is 18.4 Å². The van der Waals surface area contributed by atoms with E-state index in [9.17, 15) is 22.4 Å². The number of benzene rings is 2. The van der Waals surface area contributed by atoms with Crippen LogP contribution in [0.25, 0.3) is 0 Å². The second-order valence-corrected chi connectivity index (χ2v) is 8.99. The average molecular weight is 456 g/mol. The number of sulfonamides is 1. The number of nitrogens with one attached hydrogen (secondary N) is 1. The first kappa shape index (κ1) is 23.6. The van der Waals surface area contributed by atoms with Crippen LogP contribution >= 0.6 is 11.6 Å². The summed E-state index contributed by atoms with van der Waals surface area (Å²) in [4.78, 5) is 26.4. The Morgan fingerprint density at radius 1 is 1.13 bits per heavy atom. The summed E-state index contributed by atoms with van der Waals surface area (Å²) < 4.78 is 39.7. The first-order valence-electron chi connectivity index (χ1n) is 9.02. The first-order chi connectivity index (χ1) is 14.0. The van der Waals surface area contributed by atoms with Gasteiger partial charge in [0.15, 0.2) is 0 Å². The fourth-order valence-corrected chi connectivity index (χ4v) is 3.80. The highest BCUT2D eigenvalue weighted by atomic mass is 35.5. The summed E-state index contributed by atoms with van der Waals surface area (Å²) in [6.45, 7) is 0.735. The van der Waals surface area contributed by atoms with Crippen LogP contribution in [0.1, 0.15) is 12.5 Å². The molecule has 10 heteroatoms. The van der Waals surface area contributed by atoms with Gasteiger partial charge >= 0.3 is 0 Å². The van der Waals surface area contributed by atoms with Gasteiger partial charge in [-0.1, -0.05) is 29.8 Å². The number of carbonyl (C=O) groups is 2. The molecule has 2 aromatic rings. The monoisotopic (exact) mass is 455 g/mol. The summed E-state index contributed by atoms with van der Waals surface area (Å²) in [6, 6.07) is 10.9. The van der Waals surface area contributed by atoms with Gasteiger partial charge < -0.3 is 10.2 Å². The maximum atomic E-state index is 14.2. The van der Waals surface area contributed by atoms with Gasteiger partial charge in [-0.05, 0) is 37.3 Å². The van der Waals surface area contributed by atoms with Crippen LogP contribution in [-0.4, -0.2) is 51.0 Å². The number of hydrogen-bond acceptors (Lipinski definition) is 4. The minimum absolute atomic E-state index is 0.196. The molecule has 1 N–H and O–H groups in total. The fraction of sp³-hybridized carbons (Fsp3) is 0.300.